The highest BCUT2D eigenvalue weighted by Gasteiger charge is 2.16. The van der Waals surface area contributed by atoms with Crippen molar-refractivity contribution in [3.63, 3.8) is 0 Å². The lowest BCUT2D eigenvalue weighted by atomic mass is 10.0. The number of fused-ring (bicyclic) bond motifs is 1. The first-order valence-electron chi connectivity index (χ1n) is 7.60. The van der Waals surface area contributed by atoms with Crippen molar-refractivity contribution in [1.29, 1.82) is 0 Å². The number of hydrogen-bond acceptors (Lipinski definition) is 1. The van der Waals surface area contributed by atoms with Crippen molar-refractivity contribution >= 4 is 22.4 Å². The SMILES string of the molecule is O=C(CCC1CCCC1)Nc1cccc2ccccc12. The molecule has 20 heavy (non-hydrogen) atoms. The van der Waals surface area contributed by atoms with Crippen LogP contribution in [0.1, 0.15) is 38.5 Å². The van der Waals surface area contributed by atoms with E-state index >= 15 is 0 Å². The number of carbonyl (C=O) groups is 1. The van der Waals surface area contributed by atoms with Gasteiger partial charge in [-0.3, -0.25) is 4.79 Å². The van der Waals surface area contributed by atoms with Crippen LogP contribution in [-0.2, 0) is 4.79 Å². The average molecular weight is 267 g/mol. The van der Waals surface area contributed by atoms with E-state index in [-0.39, 0.29) is 5.91 Å². The number of benzene rings is 2. The van der Waals surface area contributed by atoms with Crippen LogP contribution in [0.15, 0.2) is 42.5 Å². The average Bonchev–Trinajstić information content (AvgIpc) is 2.99. The second-order valence-electron chi connectivity index (χ2n) is 5.76. The third kappa shape index (κ3) is 3.01. The lowest BCUT2D eigenvalue weighted by Gasteiger charge is -2.11. The molecule has 1 aliphatic carbocycles. The molecule has 1 fully saturated rings. The normalized spacial score (nSPS) is 15.6. The van der Waals surface area contributed by atoms with Gasteiger partial charge in [0.05, 0.1) is 0 Å². The summed E-state index contributed by atoms with van der Waals surface area (Å²) >= 11 is 0. The molecular weight excluding hydrogens is 246 g/mol. The van der Waals surface area contributed by atoms with E-state index in [0.717, 1.165) is 23.4 Å². The zero-order valence-electron chi connectivity index (χ0n) is 11.8. The molecule has 0 atom stereocenters. The minimum absolute atomic E-state index is 0.147. The molecule has 1 amide bonds. The van der Waals surface area contributed by atoms with Crippen LogP contribution in [0.3, 0.4) is 0 Å². The van der Waals surface area contributed by atoms with Gasteiger partial charge in [-0.05, 0) is 23.8 Å². The van der Waals surface area contributed by atoms with E-state index in [9.17, 15) is 4.79 Å². The van der Waals surface area contributed by atoms with Gasteiger partial charge in [-0.25, -0.2) is 0 Å². The lowest BCUT2D eigenvalue weighted by Crippen LogP contribution is -2.12. The van der Waals surface area contributed by atoms with Gasteiger partial charge in [-0.2, -0.15) is 0 Å². The first-order chi connectivity index (χ1) is 9.83. The molecule has 0 aromatic heterocycles. The summed E-state index contributed by atoms with van der Waals surface area (Å²) in [6.07, 6.45) is 6.98. The Hall–Kier alpha value is -1.83. The Morgan fingerprint density at radius 1 is 1.05 bits per heavy atom. The Labute approximate surface area is 120 Å². The standard InChI is InChI=1S/C18H21NO/c20-18(13-12-14-6-1-2-7-14)19-17-11-5-9-15-8-3-4-10-16(15)17/h3-5,8-11,14H,1-2,6-7,12-13H2,(H,19,20). The molecule has 0 spiro atoms. The molecular formula is C18H21NO. The van der Waals surface area contributed by atoms with E-state index in [0.29, 0.717) is 6.42 Å². The molecule has 1 saturated carbocycles. The summed E-state index contributed by atoms with van der Waals surface area (Å²) in [5, 5.41) is 5.35. The van der Waals surface area contributed by atoms with Crippen LogP contribution < -0.4 is 5.32 Å². The molecule has 2 nitrogen and oxygen atoms in total. The minimum Gasteiger partial charge on any atom is -0.326 e. The van der Waals surface area contributed by atoms with Gasteiger partial charge in [0, 0.05) is 17.5 Å². The summed E-state index contributed by atoms with van der Waals surface area (Å²) in [4.78, 5) is 12.1. The third-order valence-electron chi connectivity index (χ3n) is 4.32. The fourth-order valence-corrected chi connectivity index (χ4v) is 3.18. The van der Waals surface area contributed by atoms with Crippen molar-refractivity contribution in [2.24, 2.45) is 5.92 Å². The number of nitrogens with one attached hydrogen (secondary N) is 1. The Balaban J connectivity index is 1.65. The predicted molar refractivity (Wildman–Crippen MR) is 83.8 cm³/mol. The number of carbonyl (C=O) groups excluding carboxylic acids is 1. The summed E-state index contributed by atoms with van der Waals surface area (Å²) in [5.41, 5.74) is 0.930. The monoisotopic (exact) mass is 267 g/mol. The molecule has 1 N–H and O–H groups in total. The van der Waals surface area contributed by atoms with Crippen LogP contribution in [0, 0.1) is 5.92 Å². The van der Waals surface area contributed by atoms with E-state index < -0.39 is 0 Å². The maximum absolute atomic E-state index is 12.1. The molecule has 3 rings (SSSR count). The van der Waals surface area contributed by atoms with Gasteiger partial charge in [0.25, 0.3) is 0 Å². The Bertz CT molecular complexity index is 594. The molecule has 0 saturated heterocycles. The van der Waals surface area contributed by atoms with Gasteiger partial charge in [-0.1, -0.05) is 62.1 Å². The van der Waals surface area contributed by atoms with E-state index in [1.54, 1.807) is 0 Å². The molecule has 2 aromatic carbocycles. The quantitative estimate of drug-likeness (QED) is 0.851. The molecule has 2 aromatic rings. The van der Waals surface area contributed by atoms with Crippen LogP contribution in [0.25, 0.3) is 10.8 Å². The smallest absolute Gasteiger partial charge is 0.224 e. The molecule has 0 bridgehead atoms. The molecule has 1 aliphatic rings. The highest BCUT2D eigenvalue weighted by molar-refractivity contribution is 6.02. The summed E-state index contributed by atoms with van der Waals surface area (Å²) in [6.45, 7) is 0. The minimum atomic E-state index is 0.147. The van der Waals surface area contributed by atoms with E-state index in [1.165, 1.54) is 31.1 Å². The van der Waals surface area contributed by atoms with Gasteiger partial charge in [0.15, 0.2) is 0 Å². The maximum atomic E-state index is 12.1. The number of hydrogen-bond donors (Lipinski definition) is 1. The van der Waals surface area contributed by atoms with Gasteiger partial charge < -0.3 is 5.32 Å². The zero-order valence-corrected chi connectivity index (χ0v) is 11.8. The molecule has 0 radical (unpaired) electrons. The van der Waals surface area contributed by atoms with Gasteiger partial charge in [-0.15, -0.1) is 0 Å². The molecule has 0 heterocycles. The highest BCUT2D eigenvalue weighted by Crippen LogP contribution is 2.29. The summed E-state index contributed by atoms with van der Waals surface area (Å²) in [7, 11) is 0. The van der Waals surface area contributed by atoms with Crippen LogP contribution in [0.4, 0.5) is 5.69 Å². The molecule has 0 aliphatic heterocycles. The summed E-state index contributed by atoms with van der Waals surface area (Å²) < 4.78 is 0. The highest BCUT2D eigenvalue weighted by atomic mass is 16.1. The van der Waals surface area contributed by atoms with Crippen molar-refractivity contribution < 1.29 is 4.79 Å². The lowest BCUT2D eigenvalue weighted by molar-refractivity contribution is -0.116. The Morgan fingerprint density at radius 3 is 2.65 bits per heavy atom. The van der Waals surface area contributed by atoms with E-state index in [1.807, 2.05) is 24.3 Å². The number of anilines is 1. The fourth-order valence-electron chi connectivity index (χ4n) is 3.18. The largest absolute Gasteiger partial charge is 0.326 e. The molecule has 2 heteroatoms. The van der Waals surface area contributed by atoms with Crippen LogP contribution in [-0.4, -0.2) is 5.91 Å². The number of amides is 1. The topological polar surface area (TPSA) is 29.1 Å². The first-order valence-corrected chi connectivity index (χ1v) is 7.60. The Kier molecular flexibility index (Phi) is 4.00. The second-order valence-corrected chi connectivity index (χ2v) is 5.76. The first kappa shape index (κ1) is 13.2. The van der Waals surface area contributed by atoms with Crippen molar-refractivity contribution in [1.82, 2.24) is 0 Å². The van der Waals surface area contributed by atoms with Crippen molar-refractivity contribution in [2.75, 3.05) is 5.32 Å². The van der Waals surface area contributed by atoms with Crippen LogP contribution in [0.2, 0.25) is 0 Å². The van der Waals surface area contributed by atoms with Crippen molar-refractivity contribution in [2.45, 2.75) is 38.5 Å². The van der Waals surface area contributed by atoms with Crippen LogP contribution in [0.5, 0.6) is 0 Å². The van der Waals surface area contributed by atoms with Gasteiger partial charge in [0.1, 0.15) is 0 Å². The predicted octanol–water partition coefficient (Wildman–Crippen LogP) is 4.75. The van der Waals surface area contributed by atoms with Gasteiger partial charge in [0.2, 0.25) is 5.91 Å². The molecule has 104 valence electrons. The van der Waals surface area contributed by atoms with Crippen molar-refractivity contribution in [3.8, 4) is 0 Å². The Morgan fingerprint density at radius 2 is 1.80 bits per heavy atom. The molecule has 0 unspecified atom stereocenters. The second kappa shape index (κ2) is 6.08. The maximum Gasteiger partial charge on any atom is 0.224 e. The fraction of sp³-hybridized carbons (Fsp3) is 0.389. The van der Waals surface area contributed by atoms with Gasteiger partial charge >= 0.3 is 0 Å². The summed E-state index contributed by atoms with van der Waals surface area (Å²) in [6, 6.07) is 14.2. The van der Waals surface area contributed by atoms with E-state index in [2.05, 4.69) is 23.5 Å². The van der Waals surface area contributed by atoms with Crippen LogP contribution >= 0.6 is 0 Å². The third-order valence-corrected chi connectivity index (χ3v) is 4.32. The number of rotatable bonds is 4. The summed E-state index contributed by atoms with van der Waals surface area (Å²) in [5.74, 6) is 0.918. The van der Waals surface area contributed by atoms with Crippen molar-refractivity contribution in [3.05, 3.63) is 42.5 Å². The van der Waals surface area contributed by atoms with E-state index in [4.69, 9.17) is 0 Å². The zero-order chi connectivity index (χ0) is 13.8.